The number of oxazole rings is 2. The van der Waals surface area contributed by atoms with Gasteiger partial charge in [-0.05, 0) is 23.6 Å². The highest BCUT2D eigenvalue weighted by Gasteiger charge is 2.16. The second kappa shape index (κ2) is 4.18. The number of aromatic nitrogens is 2. The van der Waals surface area contributed by atoms with Gasteiger partial charge in [-0.3, -0.25) is 0 Å². The van der Waals surface area contributed by atoms with Gasteiger partial charge in [0.2, 0.25) is 0 Å². The van der Waals surface area contributed by atoms with E-state index in [1.54, 1.807) is 0 Å². The Morgan fingerprint density at radius 2 is 1.41 bits per heavy atom. The van der Waals surface area contributed by atoms with Crippen LogP contribution in [0.1, 0.15) is 0 Å². The zero-order chi connectivity index (χ0) is 14.5. The first-order valence-electron chi connectivity index (χ1n) is 7.03. The van der Waals surface area contributed by atoms with Gasteiger partial charge in [-0.2, -0.15) is 0 Å². The van der Waals surface area contributed by atoms with Gasteiger partial charge < -0.3 is 8.83 Å². The van der Waals surface area contributed by atoms with E-state index in [1.165, 1.54) is 0 Å². The molecule has 0 radical (unpaired) electrons. The van der Waals surface area contributed by atoms with Gasteiger partial charge in [-0.25, -0.2) is 9.97 Å². The fraction of sp³-hybridized carbons (Fsp3) is 0. The van der Waals surface area contributed by atoms with Gasteiger partial charge in [0.25, 0.3) is 11.8 Å². The number of hydrogen-bond donors (Lipinski definition) is 0. The Balaban J connectivity index is 1.79. The molecule has 0 spiro atoms. The monoisotopic (exact) mass is 286 g/mol. The lowest BCUT2D eigenvalue weighted by molar-refractivity contribution is 0.550. The lowest BCUT2D eigenvalue weighted by Gasteiger charge is -1.95. The van der Waals surface area contributed by atoms with Crippen LogP contribution in [-0.2, 0) is 0 Å². The molecule has 0 unspecified atom stereocenters. The van der Waals surface area contributed by atoms with E-state index in [0.29, 0.717) is 11.8 Å². The van der Waals surface area contributed by atoms with Crippen LogP contribution in [0, 0.1) is 0 Å². The van der Waals surface area contributed by atoms with Crippen molar-refractivity contribution in [2.45, 2.75) is 0 Å². The molecule has 0 N–H and O–H groups in total. The van der Waals surface area contributed by atoms with Crippen molar-refractivity contribution in [2.75, 3.05) is 0 Å². The predicted molar refractivity (Wildman–Crippen MR) is 84.5 cm³/mol. The third-order valence-corrected chi connectivity index (χ3v) is 3.76. The first-order chi connectivity index (χ1) is 10.9. The van der Waals surface area contributed by atoms with Crippen LogP contribution < -0.4 is 0 Å². The third-order valence-electron chi connectivity index (χ3n) is 3.76. The quantitative estimate of drug-likeness (QED) is 0.444. The van der Waals surface area contributed by atoms with Crippen molar-refractivity contribution >= 4 is 33.0 Å². The zero-order valence-electron chi connectivity index (χ0n) is 11.5. The molecule has 0 bridgehead atoms. The topological polar surface area (TPSA) is 52.1 Å². The summed E-state index contributed by atoms with van der Waals surface area (Å²) in [6, 6.07) is 19.7. The third kappa shape index (κ3) is 1.58. The highest BCUT2D eigenvalue weighted by atomic mass is 16.4. The Bertz CT molecular complexity index is 1100. The van der Waals surface area contributed by atoms with Crippen LogP contribution in [0.2, 0.25) is 0 Å². The standard InChI is InChI=1S/C18H10N2O2/c1-2-6-12-11(5-1)9-10-15-16(12)20-18(22-15)17-19-13-7-3-4-8-14(13)21-17/h1-10H. The van der Waals surface area contributed by atoms with Gasteiger partial charge in [0.15, 0.2) is 11.2 Å². The van der Waals surface area contributed by atoms with Crippen molar-refractivity contribution in [2.24, 2.45) is 0 Å². The summed E-state index contributed by atoms with van der Waals surface area (Å²) in [5.74, 6) is 0.809. The molecule has 3 aromatic carbocycles. The van der Waals surface area contributed by atoms with Crippen molar-refractivity contribution < 1.29 is 8.83 Å². The minimum atomic E-state index is 0.404. The van der Waals surface area contributed by atoms with Gasteiger partial charge in [0.1, 0.15) is 11.0 Å². The molecule has 5 aromatic rings. The number of nitrogens with zero attached hydrogens (tertiary/aromatic N) is 2. The minimum absolute atomic E-state index is 0.404. The SMILES string of the molecule is c1ccc2c(c1)ccc1oc(-c3nc4ccccc4o3)nc12. The van der Waals surface area contributed by atoms with Crippen LogP contribution in [0.25, 0.3) is 44.8 Å². The van der Waals surface area contributed by atoms with Crippen molar-refractivity contribution in [1.29, 1.82) is 0 Å². The van der Waals surface area contributed by atoms with E-state index >= 15 is 0 Å². The lowest BCUT2D eigenvalue weighted by Crippen LogP contribution is -1.77. The smallest absolute Gasteiger partial charge is 0.284 e. The minimum Gasteiger partial charge on any atom is -0.432 e. The molecule has 0 saturated carbocycles. The van der Waals surface area contributed by atoms with E-state index in [1.807, 2.05) is 54.6 Å². The molecule has 0 fully saturated rings. The number of para-hydroxylation sites is 2. The first-order valence-corrected chi connectivity index (χ1v) is 7.03. The summed E-state index contributed by atoms with van der Waals surface area (Å²) in [6.45, 7) is 0. The first kappa shape index (κ1) is 11.5. The average molecular weight is 286 g/mol. The van der Waals surface area contributed by atoms with Crippen molar-refractivity contribution in [3.8, 4) is 11.8 Å². The summed E-state index contributed by atoms with van der Waals surface area (Å²) in [5, 5.41) is 2.19. The molecule has 4 heteroatoms. The molecule has 0 aliphatic rings. The van der Waals surface area contributed by atoms with Gasteiger partial charge in [-0.1, -0.05) is 42.5 Å². The van der Waals surface area contributed by atoms with Crippen molar-refractivity contribution in [3.05, 3.63) is 60.7 Å². The van der Waals surface area contributed by atoms with E-state index in [0.717, 1.165) is 33.0 Å². The maximum Gasteiger partial charge on any atom is 0.284 e. The van der Waals surface area contributed by atoms with E-state index < -0.39 is 0 Å². The average Bonchev–Trinajstić information content (AvgIpc) is 3.18. The van der Waals surface area contributed by atoms with E-state index in [2.05, 4.69) is 16.0 Å². The van der Waals surface area contributed by atoms with Crippen LogP contribution in [0.4, 0.5) is 0 Å². The van der Waals surface area contributed by atoms with Crippen molar-refractivity contribution in [1.82, 2.24) is 9.97 Å². The van der Waals surface area contributed by atoms with Gasteiger partial charge >= 0.3 is 0 Å². The molecule has 2 heterocycles. The van der Waals surface area contributed by atoms with E-state index in [9.17, 15) is 0 Å². The number of fused-ring (bicyclic) bond motifs is 4. The van der Waals surface area contributed by atoms with Crippen LogP contribution in [0.5, 0.6) is 0 Å². The molecule has 22 heavy (non-hydrogen) atoms. The van der Waals surface area contributed by atoms with Crippen LogP contribution in [-0.4, -0.2) is 9.97 Å². The Hall–Kier alpha value is -3.14. The Kier molecular flexibility index (Phi) is 2.19. The maximum atomic E-state index is 5.82. The van der Waals surface area contributed by atoms with Gasteiger partial charge in [0, 0.05) is 5.39 Å². The van der Waals surface area contributed by atoms with Crippen LogP contribution in [0.3, 0.4) is 0 Å². The fourth-order valence-corrected chi connectivity index (χ4v) is 2.72. The zero-order valence-corrected chi connectivity index (χ0v) is 11.5. The van der Waals surface area contributed by atoms with Crippen LogP contribution in [0.15, 0.2) is 69.5 Å². The maximum absolute atomic E-state index is 5.82. The fourth-order valence-electron chi connectivity index (χ4n) is 2.72. The Morgan fingerprint density at radius 1 is 0.636 bits per heavy atom. The summed E-state index contributed by atoms with van der Waals surface area (Å²) in [4.78, 5) is 9.02. The summed E-state index contributed by atoms with van der Waals surface area (Å²) in [6.07, 6.45) is 0. The second-order valence-electron chi connectivity index (χ2n) is 5.14. The molecule has 0 amide bonds. The molecule has 5 rings (SSSR count). The predicted octanol–water partition coefficient (Wildman–Crippen LogP) is 4.79. The number of hydrogen-bond acceptors (Lipinski definition) is 4. The molecular formula is C18H10N2O2. The van der Waals surface area contributed by atoms with Crippen molar-refractivity contribution in [3.63, 3.8) is 0 Å². The molecule has 2 aromatic heterocycles. The Morgan fingerprint density at radius 3 is 2.36 bits per heavy atom. The molecule has 0 aliphatic carbocycles. The normalized spacial score (nSPS) is 11.6. The molecule has 0 saturated heterocycles. The van der Waals surface area contributed by atoms with Gasteiger partial charge in [-0.15, -0.1) is 0 Å². The Labute approximate surface area is 125 Å². The summed E-state index contributed by atoms with van der Waals surface area (Å²) < 4.78 is 11.6. The molecule has 4 nitrogen and oxygen atoms in total. The van der Waals surface area contributed by atoms with E-state index in [4.69, 9.17) is 8.83 Å². The molecule has 0 atom stereocenters. The molecule has 104 valence electrons. The largest absolute Gasteiger partial charge is 0.432 e. The second-order valence-corrected chi connectivity index (χ2v) is 5.14. The number of rotatable bonds is 1. The summed E-state index contributed by atoms with van der Waals surface area (Å²) in [5.41, 5.74) is 3.08. The van der Waals surface area contributed by atoms with E-state index in [-0.39, 0.29) is 0 Å². The highest BCUT2D eigenvalue weighted by molar-refractivity contribution is 6.03. The molecule has 0 aliphatic heterocycles. The number of benzene rings is 3. The summed E-state index contributed by atoms with van der Waals surface area (Å²) in [7, 11) is 0. The lowest BCUT2D eigenvalue weighted by atomic mass is 10.1. The molecular weight excluding hydrogens is 276 g/mol. The summed E-state index contributed by atoms with van der Waals surface area (Å²) >= 11 is 0. The van der Waals surface area contributed by atoms with Gasteiger partial charge in [0.05, 0.1) is 0 Å². The van der Waals surface area contributed by atoms with Crippen LogP contribution >= 0.6 is 0 Å². The highest BCUT2D eigenvalue weighted by Crippen LogP contribution is 2.30.